The van der Waals surface area contributed by atoms with Gasteiger partial charge in [-0.15, -0.1) is 0 Å². The van der Waals surface area contributed by atoms with Gasteiger partial charge in [0, 0.05) is 31.6 Å². The molecule has 1 heterocycles. The van der Waals surface area contributed by atoms with Crippen molar-refractivity contribution in [2.24, 2.45) is 4.99 Å². The molecule has 2 N–H and O–H groups in total. The van der Waals surface area contributed by atoms with Gasteiger partial charge in [-0.25, -0.2) is 4.99 Å². The summed E-state index contributed by atoms with van der Waals surface area (Å²) in [7, 11) is 0. The fraction of sp³-hybridized carbons (Fsp3) is 0.333. The Bertz CT molecular complexity index is 1230. The molecular weight excluding hydrogens is 488 g/mol. The summed E-state index contributed by atoms with van der Waals surface area (Å²) in [5.41, 5.74) is 2.11. The van der Waals surface area contributed by atoms with E-state index in [1.165, 1.54) is 5.56 Å². The van der Waals surface area contributed by atoms with E-state index >= 15 is 0 Å². The molecular formula is C33H38N2O4. The summed E-state index contributed by atoms with van der Waals surface area (Å²) < 4.78 is 11.8. The van der Waals surface area contributed by atoms with Crippen molar-refractivity contribution in [3.05, 3.63) is 108 Å². The second-order valence-electron chi connectivity index (χ2n) is 9.77. The van der Waals surface area contributed by atoms with Crippen molar-refractivity contribution in [3.8, 4) is 5.75 Å². The molecule has 6 heteroatoms. The van der Waals surface area contributed by atoms with E-state index in [1.54, 1.807) is 0 Å². The lowest BCUT2D eigenvalue weighted by molar-refractivity contribution is -0.128. The van der Waals surface area contributed by atoms with Crippen molar-refractivity contribution in [1.29, 1.82) is 0 Å². The summed E-state index contributed by atoms with van der Waals surface area (Å²) >= 11 is 0. The first-order chi connectivity index (χ1) is 19.1. The number of aliphatic hydroxyl groups is 1. The third kappa shape index (κ3) is 7.80. The van der Waals surface area contributed by atoms with Crippen molar-refractivity contribution >= 4 is 17.9 Å². The fourth-order valence-electron chi connectivity index (χ4n) is 4.58. The lowest BCUT2D eigenvalue weighted by Crippen LogP contribution is -2.50. The maximum absolute atomic E-state index is 13.7. The van der Waals surface area contributed by atoms with E-state index < -0.39 is 11.6 Å². The minimum atomic E-state index is -1.06. The molecule has 6 nitrogen and oxygen atoms in total. The monoisotopic (exact) mass is 526 g/mol. The number of unbranched alkanes of at least 4 members (excludes halogenated alkanes) is 1. The van der Waals surface area contributed by atoms with Gasteiger partial charge in [-0.3, -0.25) is 4.79 Å². The molecule has 0 bridgehead atoms. The molecule has 1 aliphatic heterocycles. The first kappa shape index (κ1) is 28.1. The molecule has 39 heavy (non-hydrogen) atoms. The van der Waals surface area contributed by atoms with Gasteiger partial charge in [-0.2, -0.15) is 0 Å². The highest BCUT2D eigenvalue weighted by atomic mass is 16.5. The zero-order valence-corrected chi connectivity index (χ0v) is 22.6. The Kier molecular flexibility index (Phi) is 10.3. The van der Waals surface area contributed by atoms with E-state index in [-0.39, 0.29) is 12.5 Å². The van der Waals surface area contributed by atoms with Crippen molar-refractivity contribution in [2.45, 2.75) is 50.7 Å². The number of aliphatic hydroxyl groups excluding tert-OH is 1. The highest BCUT2D eigenvalue weighted by Crippen LogP contribution is 2.33. The Morgan fingerprint density at radius 1 is 1.00 bits per heavy atom. The zero-order chi connectivity index (χ0) is 27.3. The third-order valence-electron chi connectivity index (χ3n) is 6.89. The number of ether oxygens (including phenoxy) is 2. The van der Waals surface area contributed by atoms with Crippen molar-refractivity contribution in [3.63, 3.8) is 0 Å². The van der Waals surface area contributed by atoms with E-state index in [0.29, 0.717) is 37.6 Å². The Hall–Kier alpha value is -3.90. The standard InChI is InChI=1S/C33H38N2O4/c1-26-33(22-10-17-28-14-6-3-7-15-28,32(37)34-23-9-8-16-27-12-4-2-5-13-27)35-31(39-26)29-18-20-30(21-19-29)38-25-11-24-36/h2-7,10,12-15,17-21,26,36H,8-9,11,16,22-25H2,1H3,(H,34,37)/b17-10+/t26-,33-/m1/s1. The molecule has 0 spiro atoms. The summed E-state index contributed by atoms with van der Waals surface area (Å²) in [6.07, 6.45) is 7.47. The average molecular weight is 527 g/mol. The van der Waals surface area contributed by atoms with Gasteiger partial charge in [-0.1, -0.05) is 72.8 Å². The summed E-state index contributed by atoms with van der Waals surface area (Å²) in [5.74, 6) is 1.05. The van der Waals surface area contributed by atoms with Crippen LogP contribution in [0.4, 0.5) is 0 Å². The summed E-state index contributed by atoms with van der Waals surface area (Å²) in [6, 6.07) is 27.9. The smallest absolute Gasteiger partial charge is 0.252 e. The number of hydrogen-bond acceptors (Lipinski definition) is 5. The molecule has 0 aliphatic carbocycles. The molecule has 1 aliphatic rings. The molecule has 0 radical (unpaired) electrons. The normalized spacial score (nSPS) is 18.5. The highest BCUT2D eigenvalue weighted by Gasteiger charge is 2.49. The molecule has 0 unspecified atom stereocenters. The quantitative estimate of drug-likeness (QED) is 0.268. The van der Waals surface area contributed by atoms with Crippen molar-refractivity contribution in [1.82, 2.24) is 5.32 Å². The van der Waals surface area contributed by atoms with Crippen LogP contribution in [0.2, 0.25) is 0 Å². The number of aryl methyl sites for hydroxylation is 1. The van der Waals surface area contributed by atoms with Gasteiger partial charge in [0.1, 0.15) is 11.9 Å². The number of benzene rings is 3. The van der Waals surface area contributed by atoms with Gasteiger partial charge in [0.25, 0.3) is 5.91 Å². The first-order valence-electron chi connectivity index (χ1n) is 13.7. The predicted octanol–water partition coefficient (Wildman–Crippen LogP) is 5.59. The molecule has 204 valence electrons. The Morgan fingerprint density at radius 2 is 1.72 bits per heavy atom. The SMILES string of the molecule is C[C@H]1OC(c2ccc(OCCCO)cc2)=N[C@@]1(C/C=C/c1ccccc1)C(=O)NCCCCc1ccccc1. The number of nitrogens with zero attached hydrogens (tertiary/aromatic N) is 1. The van der Waals surface area contributed by atoms with Gasteiger partial charge in [0.05, 0.1) is 6.61 Å². The lowest BCUT2D eigenvalue weighted by Gasteiger charge is -2.27. The van der Waals surface area contributed by atoms with Crippen LogP contribution in [0, 0.1) is 0 Å². The number of rotatable bonds is 14. The second kappa shape index (κ2) is 14.3. The molecule has 0 fully saturated rings. The minimum Gasteiger partial charge on any atom is -0.494 e. The Balaban J connectivity index is 1.45. The molecule has 3 aromatic rings. The number of nitrogens with one attached hydrogen (secondary N) is 1. The van der Waals surface area contributed by atoms with Crippen LogP contribution in [0.5, 0.6) is 5.75 Å². The number of amides is 1. The number of carbonyl (C=O) groups excluding carboxylic acids is 1. The van der Waals surface area contributed by atoms with Crippen molar-refractivity contribution < 1.29 is 19.4 Å². The molecule has 2 atom stereocenters. The highest BCUT2D eigenvalue weighted by molar-refractivity contribution is 6.00. The maximum atomic E-state index is 13.7. The average Bonchev–Trinajstić information content (AvgIpc) is 3.31. The Labute approximate surface area is 231 Å². The number of carbonyl (C=O) groups is 1. The van der Waals surface area contributed by atoms with Crippen LogP contribution in [0.1, 0.15) is 49.3 Å². The van der Waals surface area contributed by atoms with Gasteiger partial charge in [0.15, 0.2) is 5.54 Å². The van der Waals surface area contributed by atoms with Gasteiger partial charge >= 0.3 is 0 Å². The third-order valence-corrected chi connectivity index (χ3v) is 6.89. The van der Waals surface area contributed by atoms with Gasteiger partial charge in [0.2, 0.25) is 5.90 Å². The summed E-state index contributed by atoms with van der Waals surface area (Å²) in [6.45, 7) is 3.05. The van der Waals surface area contributed by atoms with E-state index in [2.05, 4.69) is 29.6 Å². The van der Waals surface area contributed by atoms with Crippen LogP contribution in [0.15, 0.2) is 96.0 Å². The lowest BCUT2D eigenvalue weighted by atomic mass is 9.89. The Morgan fingerprint density at radius 3 is 2.44 bits per heavy atom. The largest absolute Gasteiger partial charge is 0.494 e. The van der Waals surface area contributed by atoms with Gasteiger partial charge in [-0.05, 0) is 61.6 Å². The molecule has 4 rings (SSSR count). The molecule has 1 amide bonds. The first-order valence-corrected chi connectivity index (χ1v) is 13.7. The van der Waals surface area contributed by atoms with Gasteiger partial charge < -0.3 is 19.9 Å². The molecule has 0 saturated carbocycles. The van der Waals surface area contributed by atoms with Crippen LogP contribution in [0.3, 0.4) is 0 Å². The van der Waals surface area contributed by atoms with Crippen LogP contribution in [-0.4, -0.2) is 48.3 Å². The zero-order valence-electron chi connectivity index (χ0n) is 22.6. The fourth-order valence-corrected chi connectivity index (χ4v) is 4.58. The predicted molar refractivity (Wildman–Crippen MR) is 156 cm³/mol. The second-order valence-corrected chi connectivity index (χ2v) is 9.77. The summed E-state index contributed by atoms with van der Waals surface area (Å²) in [5, 5.41) is 12.1. The molecule has 3 aromatic carbocycles. The minimum absolute atomic E-state index is 0.0938. The van der Waals surface area contributed by atoms with Crippen LogP contribution >= 0.6 is 0 Å². The molecule has 0 aromatic heterocycles. The molecule has 0 saturated heterocycles. The van der Waals surface area contributed by atoms with E-state index in [9.17, 15) is 4.79 Å². The van der Waals surface area contributed by atoms with Crippen molar-refractivity contribution in [2.75, 3.05) is 19.8 Å². The topological polar surface area (TPSA) is 80.2 Å². The van der Waals surface area contributed by atoms with E-state index in [4.69, 9.17) is 19.6 Å². The number of hydrogen-bond donors (Lipinski definition) is 2. The van der Waals surface area contributed by atoms with E-state index in [1.807, 2.05) is 79.7 Å². The maximum Gasteiger partial charge on any atom is 0.252 e. The van der Waals surface area contributed by atoms with Crippen LogP contribution < -0.4 is 10.1 Å². The summed E-state index contributed by atoms with van der Waals surface area (Å²) in [4.78, 5) is 18.6. The number of aliphatic imine (C=N–C) groups is 1. The van der Waals surface area contributed by atoms with E-state index in [0.717, 1.165) is 30.4 Å². The van der Waals surface area contributed by atoms with Crippen LogP contribution in [0.25, 0.3) is 6.08 Å². The van der Waals surface area contributed by atoms with Crippen LogP contribution in [-0.2, 0) is 16.0 Å².